The van der Waals surface area contributed by atoms with Crippen molar-refractivity contribution in [1.82, 2.24) is 20.2 Å². The van der Waals surface area contributed by atoms with Crippen molar-refractivity contribution in [1.29, 1.82) is 0 Å². The maximum atomic E-state index is 12.1. The molecule has 1 aliphatic heterocycles. The second-order valence-corrected chi connectivity index (χ2v) is 5.27. The van der Waals surface area contributed by atoms with Crippen LogP contribution in [0.15, 0.2) is 18.7 Å². The summed E-state index contributed by atoms with van der Waals surface area (Å²) in [5, 5.41) is 6.46. The molecule has 1 aromatic rings. The number of carbonyl (C=O) groups excluding carboxylic acids is 1. The first-order valence-electron chi connectivity index (χ1n) is 6.86. The number of aromatic nitrogens is 2. The second kappa shape index (κ2) is 5.10. The van der Waals surface area contributed by atoms with Crippen molar-refractivity contribution in [2.24, 2.45) is 0 Å². The average molecular weight is 248 g/mol. The molecule has 5 nitrogen and oxygen atoms in total. The van der Waals surface area contributed by atoms with E-state index in [4.69, 9.17) is 0 Å². The number of nitrogens with one attached hydrogen (secondary N) is 2. The van der Waals surface area contributed by atoms with Crippen molar-refractivity contribution in [3.63, 3.8) is 0 Å². The summed E-state index contributed by atoms with van der Waals surface area (Å²) in [5.74, 6) is 0.171. The van der Waals surface area contributed by atoms with E-state index in [1.165, 1.54) is 6.42 Å². The predicted molar refractivity (Wildman–Crippen MR) is 68.1 cm³/mol. The van der Waals surface area contributed by atoms with Gasteiger partial charge in [0.1, 0.15) is 0 Å². The Kier molecular flexibility index (Phi) is 3.32. The van der Waals surface area contributed by atoms with Crippen LogP contribution in [0.4, 0.5) is 0 Å². The van der Waals surface area contributed by atoms with Crippen LogP contribution in [0.5, 0.6) is 0 Å². The summed E-state index contributed by atoms with van der Waals surface area (Å²) in [6, 6.07) is 0.654. The second-order valence-electron chi connectivity index (χ2n) is 5.27. The number of carbonyl (C=O) groups is 1. The molecule has 3 rings (SSSR count). The molecule has 0 spiro atoms. The van der Waals surface area contributed by atoms with E-state index in [-0.39, 0.29) is 18.0 Å². The zero-order valence-corrected chi connectivity index (χ0v) is 10.5. The number of nitrogens with zero attached hydrogens (tertiary/aromatic N) is 2. The number of rotatable bonds is 3. The lowest BCUT2D eigenvalue weighted by Gasteiger charge is -2.23. The van der Waals surface area contributed by atoms with Crippen LogP contribution in [0.25, 0.3) is 0 Å². The van der Waals surface area contributed by atoms with Crippen LogP contribution in [-0.4, -0.2) is 34.1 Å². The minimum Gasteiger partial charge on any atom is -0.350 e. The topological polar surface area (TPSA) is 59.0 Å². The summed E-state index contributed by atoms with van der Waals surface area (Å²) < 4.78 is 2.13. The molecule has 2 fully saturated rings. The highest BCUT2D eigenvalue weighted by molar-refractivity contribution is 5.82. The Morgan fingerprint density at radius 3 is 3.00 bits per heavy atom. The molecule has 2 heterocycles. The lowest BCUT2D eigenvalue weighted by Crippen LogP contribution is -2.46. The van der Waals surface area contributed by atoms with Gasteiger partial charge in [0.05, 0.1) is 18.4 Å². The van der Waals surface area contributed by atoms with Gasteiger partial charge < -0.3 is 15.2 Å². The van der Waals surface area contributed by atoms with Crippen LogP contribution in [0.2, 0.25) is 0 Å². The molecule has 18 heavy (non-hydrogen) atoms. The van der Waals surface area contributed by atoms with Gasteiger partial charge in [0.2, 0.25) is 5.91 Å². The molecular weight excluding hydrogens is 228 g/mol. The van der Waals surface area contributed by atoms with Crippen LogP contribution in [0, 0.1) is 0 Å². The summed E-state index contributed by atoms with van der Waals surface area (Å²) in [5.41, 5.74) is 0. The van der Waals surface area contributed by atoms with E-state index in [2.05, 4.69) is 20.2 Å². The molecule has 2 N–H and O–H groups in total. The Labute approximate surface area is 107 Å². The van der Waals surface area contributed by atoms with Gasteiger partial charge >= 0.3 is 0 Å². The summed E-state index contributed by atoms with van der Waals surface area (Å²) in [6.45, 7) is 0.966. The van der Waals surface area contributed by atoms with Gasteiger partial charge in [-0.2, -0.15) is 0 Å². The molecule has 2 aliphatic rings. The van der Waals surface area contributed by atoms with Crippen LogP contribution in [-0.2, 0) is 4.79 Å². The fourth-order valence-corrected chi connectivity index (χ4v) is 3.12. The van der Waals surface area contributed by atoms with Crippen molar-refractivity contribution in [3.8, 4) is 0 Å². The smallest absolute Gasteiger partial charge is 0.237 e. The van der Waals surface area contributed by atoms with Crippen LogP contribution in [0.1, 0.15) is 38.1 Å². The highest BCUT2D eigenvalue weighted by Crippen LogP contribution is 2.30. The normalized spacial score (nSPS) is 31.7. The largest absolute Gasteiger partial charge is 0.350 e. The van der Waals surface area contributed by atoms with E-state index in [1.54, 1.807) is 6.20 Å². The van der Waals surface area contributed by atoms with Gasteiger partial charge in [0, 0.05) is 18.4 Å². The summed E-state index contributed by atoms with van der Waals surface area (Å²) >= 11 is 0. The Morgan fingerprint density at radius 1 is 1.33 bits per heavy atom. The SMILES string of the molecule is O=C(NC1CCCC1n1ccnc1)[C@H]1CCCN1. The Morgan fingerprint density at radius 2 is 2.28 bits per heavy atom. The van der Waals surface area contributed by atoms with Crippen molar-refractivity contribution < 1.29 is 4.79 Å². The van der Waals surface area contributed by atoms with Crippen molar-refractivity contribution in [2.75, 3.05) is 6.54 Å². The third kappa shape index (κ3) is 2.27. The molecule has 2 unspecified atom stereocenters. The van der Waals surface area contributed by atoms with Crippen molar-refractivity contribution in [3.05, 3.63) is 18.7 Å². The molecule has 1 saturated heterocycles. The lowest BCUT2D eigenvalue weighted by atomic mass is 10.1. The molecule has 1 amide bonds. The fraction of sp³-hybridized carbons (Fsp3) is 0.692. The van der Waals surface area contributed by atoms with Gasteiger partial charge in [0.25, 0.3) is 0 Å². The molecule has 1 aromatic heterocycles. The standard InChI is InChI=1S/C13H20N4O/c18-13(11-4-2-6-15-11)16-10-3-1-5-12(10)17-8-7-14-9-17/h7-12,15H,1-6H2,(H,16,18)/t10?,11-,12?/m1/s1. The van der Waals surface area contributed by atoms with E-state index in [0.29, 0.717) is 6.04 Å². The number of hydrogen-bond acceptors (Lipinski definition) is 3. The quantitative estimate of drug-likeness (QED) is 0.833. The Hall–Kier alpha value is -1.36. The molecule has 5 heteroatoms. The summed E-state index contributed by atoms with van der Waals surface area (Å²) in [4.78, 5) is 16.2. The first kappa shape index (κ1) is 11.7. The van der Waals surface area contributed by atoms with E-state index in [9.17, 15) is 4.79 Å². The predicted octanol–water partition coefficient (Wildman–Crippen LogP) is 0.845. The van der Waals surface area contributed by atoms with Gasteiger partial charge in [-0.05, 0) is 38.6 Å². The maximum absolute atomic E-state index is 12.1. The molecule has 0 aromatic carbocycles. The van der Waals surface area contributed by atoms with E-state index < -0.39 is 0 Å². The third-order valence-electron chi connectivity index (χ3n) is 4.09. The van der Waals surface area contributed by atoms with Gasteiger partial charge in [-0.15, -0.1) is 0 Å². The number of imidazole rings is 1. The molecule has 3 atom stereocenters. The van der Waals surface area contributed by atoms with Gasteiger partial charge in [-0.3, -0.25) is 4.79 Å². The molecule has 0 radical (unpaired) electrons. The van der Waals surface area contributed by atoms with Crippen molar-refractivity contribution >= 4 is 5.91 Å². The summed E-state index contributed by atoms with van der Waals surface area (Å²) in [7, 11) is 0. The van der Waals surface area contributed by atoms with Crippen molar-refractivity contribution in [2.45, 2.75) is 50.2 Å². The first-order valence-corrected chi connectivity index (χ1v) is 6.86. The molecule has 1 saturated carbocycles. The highest BCUT2D eigenvalue weighted by atomic mass is 16.2. The van der Waals surface area contributed by atoms with Crippen LogP contribution < -0.4 is 10.6 Å². The monoisotopic (exact) mass is 248 g/mol. The molecule has 98 valence electrons. The van der Waals surface area contributed by atoms with Gasteiger partial charge in [-0.1, -0.05) is 0 Å². The fourth-order valence-electron chi connectivity index (χ4n) is 3.12. The van der Waals surface area contributed by atoms with Crippen LogP contribution >= 0.6 is 0 Å². The maximum Gasteiger partial charge on any atom is 0.237 e. The lowest BCUT2D eigenvalue weighted by molar-refractivity contribution is -0.123. The third-order valence-corrected chi connectivity index (χ3v) is 4.09. The summed E-state index contributed by atoms with van der Waals surface area (Å²) in [6.07, 6.45) is 11.1. The minimum atomic E-state index is 0.0223. The Bertz CT molecular complexity index is 397. The average Bonchev–Trinajstić information content (AvgIpc) is 3.11. The minimum absolute atomic E-state index is 0.0223. The molecular formula is C13H20N4O. The Balaban J connectivity index is 1.62. The van der Waals surface area contributed by atoms with E-state index >= 15 is 0 Å². The van der Waals surface area contributed by atoms with Gasteiger partial charge in [0.15, 0.2) is 0 Å². The van der Waals surface area contributed by atoms with Crippen LogP contribution in [0.3, 0.4) is 0 Å². The zero-order chi connectivity index (χ0) is 12.4. The highest BCUT2D eigenvalue weighted by Gasteiger charge is 2.32. The molecule has 0 bridgehead atoms. The van der Waals surface area contributed by atoms with E-state index in [0.717, 1.165) is 32.2 Å². The van der Waals surface area contributed by atoms with Gasteiger partial charge in [-0.25, -0.2) is 4.98 Å². The zero-order valence-electron chi connectivity index (χ0n) is 10.5. The number of hydrogen-bond donors (Lipinski definition) is 2. The number of amides is 1. The van der Waals surface area contributed by atoms with E-state index in [1.807, 2.05) is 12.5 Å². The first-order chi connectivity index (χ1) is 8.84. The molecule has 1 aliphatic carbocycles.